The number of phenolic OH excluding ortho intramolecular Hbond substituents is 1. The second kappa shape index (κ2) is 12.3. The van der Waals surface area contributed by atoms with Crippen molar-refractivity contribution in [1.29, 1.82) is 0 Å². The zero-order chi connectivity index (χ0) is 23.7. The van der Waals surface area contributed by atoms with Crippen LogP contribution in [0.15, 0.2) is 74.0 Å². The summed E-state index contributed by atoms with van der Waals surface area (Å²) in [6.45, 7) is 12.7. The lowest BCUT2D eigenvalue weighted by molar-refractivity contribution is 0.467. The molecular weight excluding hydrogens is 396 g/mol. The summed E-state index contributed by atoms with van der Waals surface area (Å²) in [4.78, 5) is 12.4. The minimum atomic E-state index is -0.340. The molecule has 1 heterocycles. The Balaban J connectivity index is 2.17. The predicted octanol–water partition coefficient (Wildman–Crippen LogP) is 7.97. The fourth-order valence-corrected chi connectivity index (χ4v) is 3.50. The summed E-state index contributed by atoms with van der Waals surface area (Å²) in [7, 11) is 0. The third-order valence-electron chi connectivity index (χ3n) is 5.53. The molecule has 0 unspecified atom stereocenters. The van der Waals surface area contributed by atoms with Gasteiger partial charge in [-0.15, -0.1) is 0 Å². The lowest BCUT2D eigenvalue weighted by atomic mass is 10.0. The number of hydrogen-bond acceptors (Lipinski definition) is 3. The normalized spacial score (nSPS) is 12.2. The number of benzene rings is 1. The van der Waals surface area contributed by atoms with Crippen molar-refractivity contribution < 1.29 is 9.52 Å². The van der Waals surface area contributed by atoms with E-state index in [1.807, 2.05) is 12.1 Å². The van der Waals surface area contributed by atoms with Gasteiger partial charge in [0, 0.05) is 17.0 Å². The molecule has 0 aliphatic carbocycles. The van der Waals surface area contributed by atoms with E-state index in [2.05, 4.69) is 65.8 Å². The first-order valence-corrected chi connectivity index (χ1v) is 11.5. The monoisotopic (exact) mass is 434 g/mol. The molecule has 3 heteroatoms. The van der Waals surface area contributed by atoms with Crippen LogP contribution in [0.1, 0.15) is 78.4 Å². The number of aromatic hydroxyl groups is 1. The standard InChI is InChI=1S/C29H38O3/c1-20(2)9-7-11-22(5)13-15-24-17-26-18-25(29(31)32-28(26)19-27(24)30)16-14-23(6)12-8-10-21(3)4/h9-10,13-14,17-19,30H,7-8,11-12,15-16H2,1-6H3/b22-13+,23-14+. The van der Waals surface area contributed by atoms with E-state index in [-0.39, 0.29) is 11.4 Å². The molecule has 0 aliphatic rings. The highest BCUT2D eigenvalue weighted by atomic mass is 16.4. The van der Waals surface area contributed by atoms with Gasteiger partial charge in [-0.05, 0) is 97.8 Å². The van der Waals surface area contributed by atoms with Gasteiger partial charge in [0.2, 0.25) is 0 Å². The molecule has 1 N–H and O–H groups in total. The van der Waals surface area contributed by atoms with Gasteiger partial charge in [-0.3, -0.25) is 0 Å². The van der Waals surface area contributed by atoms with E-state index in [0.29, 0.717) is 24.0 Å². The second-order valence-electron chi connectivity index (χ2n) is 9.23. The third kappa shape index (κ3) is 8.37. The number of rotatable bonds is 10. The average Bonchev–Trinajstić information content (AvgIpc) is 2.70. The molecular formula is C29H38O3. The van der Waals surface area contributed by atoms with Gasteiger partial charge in [-0.25, -0.2) is 4.79 Å². The molecule has 0 fully saturated rings. The summed E-state index contributed by atoms with van der Waals surface area (Å²) in [5.74, 6) is 0.164. The van der Waals surface area contributed by atoms with E-state index in [1.54, 1.807) is 6.07 Å². The van der Waals surface area contributed by atoms with E-state index in [0.717, 1.165) is 36.6 Å². The van der Waals surface area contributed by atoms with Gasteiger partial charge in [0.1, 0.15) is 11.3 Å². The van der Waals surface area contributed by atoms with E-state index < -0.39 is 0 Å². The first-order valence-electron chi connectivity index (χ1n) is 11.5. The van der Waals surface area contributed by atoms with Gasteiger partial charge >= 0.3 is 5.63 Å². The Morgan fingerprint density at radius 1 is 0.781 bits per heavy atom. The van der Waals surface area contributed by atoms with Crippen LogP contribution in [0.3, 0.4) is 0 Å². The molecule has 0 spiro atoms. The highest BCUT2D eigenvalue weighted by molar-refractivity contribution is 5.80. The second-order valence-corrected chi connectivity index (χ2v) is 9.23. The van der Waals surface area contributed by atoms with Crippen molar-refractivity contribution in [3.05, 3.63) is 86.3 Å². The molecule has 2 aromatic rings. The Morgan fingerprint density at radius 2 is 1.28 bits per heavy atom. The van der Waals surface area contributed by atoms with Gasteiger partial charge in [-0.2, -0.15) is 0 Å². The lowest BCUT2D eigenvalue weighted by Crippen LogP contribution is -2.06. The minimum absolute atomic E-state index is 0.164. The smallest absolute Gasteiger partial charge is 0.339 e. The summed E-state index contributed by atoms with van der Waals surface area (Å²) < 4.78 is 5.50. The highest BCUT2D eigenvalue weighted by Crippen LogP contribution is 2.26. The number of hydrogen-bond donors (Lipinski definition) is 1. The van der Waals surface area contributed by atoms with Gasteiger partial charge in [0.05, 0.1) is 0 Å². The van der Waals surface area contributed by atoms with E-state index in [9.17, 15) is 9.90 Å². The average molecular weight is 435 g/mol. The van der Waals surface area contributed by atoms with Crippen molar-refractivity contribution >= 4 is 11.0 Å². The summed E-state index contributed by atoms with van der Waals surface area (Å²) in [5, 5.41) is 11.3. The van der Waals surface area contributed by atoms with E-state index in [1.165, 1.54) is 22.3 Å². The fraction of sp³-hybridized carbons (Fsp3) is 0.414. The Hall–Kier alpha value is -2.81. The molecule has 0 radical (unpaired) electrons. The summed E-state index contributed by atoms with van der Waals surface area (Å²) in [6.07, 6.45) is 14.0. The minimum Gasteiger partial charge on any atom is -0.508 e. The summed E-state index contributed by atoms with van der Waals surface area (Å²) in [6, 6.07) is 5.39. The van der Waals surface area contributed by atoms with E-state index in [4.69, 9.17) is 4.42 Å². The summed E-state index contributed by atoms with van der Waals surface area (Å²) >= 11 is 0. The van der Waals surface area contributed by atoms with Crippen LogP contribution in [0.5, 0.6) is 5.75 Å². The van der Waals surface area contributed by atoms with Gasteiger partial charge in [0.25, 0.3) is 0 Å². The van der Waals surface area contributed by atoms with E-state index >= 15 is 0 Å². The van der Waals surface area contributed by atoms with Crippen LogP contribution in [-0.2, 0) is 12.8 Å². The van der Waals surface area contributed by atoms with Crippen molar-refractivity contribution in [1.82, 2.24) is 0 Å². The zero-order valence-electron chi connectivity index (χ0n) is 20.5. The Bertz CT molecular complexity index is 1100. The number of fused-ring (bicyclic) bond motifs is 1. The van der Waals surface area contributed by atoms with Crippen LogP contribution >= 0.6 is 0 Å². The number of allylic oxidation sites excluding steroid dienone is 8. The Labute approximate surface area is 192 Å². The molecule has 1 aromatic carbocycles. The quantitative estimate of drug-likeness (QED) is 0.305. The van der Waals surface area contributed by atoms with Crippen molar-refractivity contribution in [2.75, 3.05) is 0 Å². The third-order valence-corrected chi connectivity index (χ3v) is 5.53. The lowest BCUT2D eigenvalue weighted by Gasteiger charge is -2.07. The molecule has 0 atom stereocenters. The topological polar surface area (TPSA) is 50.4 Å². The van der Waals surface area contributed by atoms with Gasteiger partial charge in [-0.1, -0.05) is 46.6 Å². The van der Waals surface area contributed by atoms with Crippen LogP contribution in [-0.4, -0.2) is 5.11 Å². The maximum atomic E-state index is 12.4. The Kier molecular flexibility index (Phi) is 9.77. The molecule has 1 aromatic heterocycles. The molecule has 0 amide bonds. The molecule has 172 valence electrons. The van der Waals surface area contributed by atoms with Gasteiger partial charge < -0.3 is 9.52 Å². The zero-order valence-corrected chi connectivity index (χ0v) is 20.5. The largest absolute Gasteiger partial charge is 0.508 e. The van der Waals surface area contributed by atoms with Crippen molar-refractivity contribution in [3.8, 4) is 5.75 Å². The maximum absolute atomic E-state index is 12.4. The summed E-state index contributed by atoms with van der Waals surface area (Å²) in [5.41, 5.74) is 6.79. The number of phenols is 1. The van der Waals surface area contributed by atoms with Crippen molar-refractivity contribution in [2.45, 2.75) is 80.1 Å². The fourth-order valence-electron chi connectivity index (χ4n) is 3.50. The maximum Gasteiger partial charge on any atom is 0.339 e. The van der Waals surface area contributed by atoms with Crippen LogP contribution in [0.4, 0.5) is 0 Å². The van der Waals surface area contributed by atoms with Crippen LogP contribution in [0.2, 0.25) is 0 Å². The SMILES string of the molecule is CC(C)=CCC/C(C)=C/Cc1cc2cc(C/C=C(\C)CCC=C(C)C)c(=O)oc2cc1O. The molecule has 0 saturated heterocycles. The molecule has 0 bridgehead atoms. The molecule has 3 nitrogen and oxygen atoms in total. The predicted molar refractivity (Wildman–Crippen MR) is 136 cm³/mol. The van der Waals surface area contributed by atoms with Crippen molar-refractivity contribution in [2.24, 2.45) is 0 Å². The van der Waals surface area contributed by atoms with Crippen LogP contribution < -0.4 is 5.63 Å². The molecule has 0 aliphatic heterocycles. The first-order chi connectivity index (χ1) is 15.2. The Morgan fingerprint density at radius 3 is 1.81 bits per heavy atom. The molecule has 2 rings (SSSR count). The van der Waals surface area contributed by atoms with Gasteiger partial charge in [0.15, 0.2) is 0 Å². The molecule has 0 saturated carbocycles. The van der Waals surface area contributed by atoms with Crippen LogP contribution in [0, 0.1) is 0 Å². The molecule has 32 heavy (non-hydrogen) atoms. The first kappa shape index (κ1) is 25.5. The van der Waals surface area contributed by atoms with Crippen LogP contribution in [0.25, 0.3) is 11.0 Å². The highest BCUT2D eigenvalue weighted by Gasteiger charge is 2.09. The van der Waals surface area contributed by atoms with Crippen molar-refractivity contribution in [3.63, 3.8) is 0 Å².